The van der Waals surface area contributed by atoms with Crippen molar-refractivity contribution in [2.45, 2.75) is 114 Å². The summed E-state index contributed by atoms with van der Waals surface area (Å²) in [5.41, 5.74) is 1.51. The first-order valence-electron chi connectivity index (χ1n) is 14.5. The summed E-state index contributed by atoms with van der Waals surface area (Å²) in [6, 6.07) is 4.24. The van der Waals surface area contributed by atoms with Crippen molar-refractivity contribution in [3.05, 3.63) is 34.9 Å². The van der Waals surface area contributed by atoms with Crippen LogP contribution >= 0.6 is 11.8 Å². The second-order valence-electron chi connectivity index (χ2n) is 12.9. The summed E-state index contributed by atoms with van der Waals surface area (Å²) in [4.78, 5) is 29.9. The Morgan fingerprint density at radius 1 is 1.10 bits per heavy atom. The van der Waals surface area contributed by atoms with E-state index in [4.69, 9.17) is 18.9 Å². The summed E-state index contributed by atoms with van der Waals surface area (Å²) in [5.74, 6) is 1.10. The number of fused-ring (bicyclic) bond motifs is 3. The van der Waals surface area contributed by atoms with E-state index >= 15 is 0 Å². The minimum absolute atomic E-state index is 0.0238. The molecule has 0 radical (unpaired) electrons. The van der Waals surface area contributed by atoms with E-state index in [0.29, 0.717) is 6.42 Å². The third kappa shape index (κ3) is 4.70. The Morgan fingerprint density at radius 3 is 2.62 bits per heavy atom. The molecule has 1 spiro atoms. The number of carbonyl (C=O) groups excluding carboxylic acids is 2. The van der Waals surface area contributed by atoms with E-state index in [2.05, 4.69) is 30.0 Å². The normalized spacial score (nSPS) is 32.7. The second kappa shape index (κ2) is 9.81. The van der Waals surface area contributed by atoms with Gasteiger partial charge in [0.25, 0.3) is 0 Å². The van der Waals surface area contributed by atoms with Crippen LogP contribution < -0.4 is 9.47 Å². The molecule has 0 saturated carbocycles. The van der Waals surface area contributed by atoms with Crippen LogP contribution in [0.4, 0.5) is 0 Å². The molecule has 0 N–H and O–H groups in total. The van der Waals surface area contributed by atoms with Gasteiger partial charge in [0.15, 0.2) is 22.2 Å². The fraction of sp³-hybridized carbons (Fsp3) is 0.677. The van der Waals surface area contributed by atoms with Crippen LogP contribution in [0.1, 0.15) is 90.2 Å². The minimum Gasteiger partial charge on any atom is -0.455 e. The van der Waals surface area contributed by atoms with Gasteiger partial charge >= 0.3 is 5.97 Å². The highest BCUT2D eigenvalue weighted by atomic mass is 32.2. The van der Waals surface area contributed by atoms with Gasteiger partial charge in [-0.15, -0.1) is 0 Å². The Balaban J connectivity index is 1.37. The highest BCUT2D eigenvalue weighted by Crippen LogP contribution is 2.56. The van der Waals surface area contributed by atoms with E-state index in [1.54, 1.807) is 0 Å². The summed E-state index contributed by atoms with van der Waals surface area (Å²) < 4.78 is 24.6. The van der Waals surface area contributed by atoms with Crippen LogP contribution in [0.2, 0.25) is 0 Å². The summed E-state index contributed by atoms with van der Waals surface area (Å²) in [6.45, 7) is 12.3. The molecule has 0 bridgehead atoms. The van der Waals surface area contributed by atoms with Crippen molar-refractivity contribution in [3.8, 4) is 11.5 Å². The van der Waals surface area contributed by atoms with Crippen LogP contribution in [-0.4, -0.2) is 64.0 Å². The molecule has 4 heterocycles. The Bertz CT molecular complexity index is 1210. The molecule has 7 nitrogen and oxygen atoms in total. The first-order valence-corrected chi connectivity index (χ1v) is 15.4. The van der Waals surface area contributed by atoms with Crippen molar-refractivity contribution in [3.63, 3.8) is 0 Å². The average Bonchev–Trinajstić information content (AvgIpc) is 3.51. The third-order valence-corrected chi connectivity index (χ3v) is 10.1. The van der Waals surface area contributed by atoms with E-state index in [-0.39, 0.29) is 35.0 Å². The molecule has 0 aromatic heterocycles. The predicted molar refractivity (Wildman–Crippen MR) is 150 cm³/mol. The molecule has 39 heavy (non-hydrogen) atoms. The van der Waals surface area contributed by atoms with Crippen molar-refractivity contribution in [2.24, 2.45) is 0 Å². The lowest BCUT2D eigenvalue weighted by molar-refractivity contribution is -0.212. The van der Waals surface area contributed by atoms with E-state index in [0.717, 1.165) is 62.3 Å². The van der Waals surface area contributed by atoms with Crippen LogP contribution in [0.3, 0.4) is 0 Å². The highest BCUT2D eigenvalue weighted by Gasteiger charge is 2.58. The molecule has 5 aliphatic rings. The molecule has 2 unspecified atom stereocenters. The van der Waals surface area contributed by atoms with E-state index in [1.165, 1.54) is 22.9 Å². The number of nitrogens with zero attached hydrogens (tertiary/aromatic N) is 1. The number of ether oxygens (including phenoxy) is 4. The maximum absolute atomic E-state index is 14.3. The van der Waals surface area contributed by atoms with Crippen molar-refractivity contribution in [2.75, 3.05) is 19.9 Å². The first-order chi connectivity index (χ1) is 18.5. The molecule has 2 fully saturated rings. The van der Waals surface area contributed by atoms with E-state index in [9.17, 15) is 9.59 Å². The van der Waals surface area contributed by atoms with Crippen molar-refractivity contribution in [1.29, 1.82) is 0 Å². The molecule has 4 aliphatic heterocycles. The lowest BCUT2D eigenvalue weighted by atomic mass is 9.77. The molecule has 2 saturated heterocycles. The Labute approximate surface area is 235 Å². The molecule has 8 heteroatoms. The Hall–Kier alpha value is -2.03. The van der Waals surface area contributed by atoms with Gasteiger partial charge in [-0.05, 0) is 94.7 Å². The summed E-state index contributed by atoms with van der Waals surface area (Å²) in [6.07, 6.45) is 7.16. The first kappa shape index (κ1) is 27.2. The number of carbonyl (C=O) groups is 2. The average molecular weight is 556 g/mol. The van der Waals surface area contributed by atoms with Crippen LogP contribution in [0.15, 0.2) is 23.8 Å². The van der Waals surface area contributed by atoms with Crippen LogP contribution in [-0.2, 0) is 25.5 Å². The van der Waals surface area contributed by atoms with Crippen molar-refractivity contribution in [1.82, 2.24) is 4.90 Å². The van der Waals surface area contributed by atoms with Gasteiger partial charge in [-0.1, -0.05) is 31.7 Å². The van der Waals surface area contributed by atoms with Crippen LogP contribution in [0.25, 0.3) is 0 Å². The molecule has 0 amide bonds. The van der Waals surface area contributed by atoms with Gasteiger partial charge in [0, 0.05) is 17.7 Å². The molecule has 4 atom stereocenters. The van der Waals surface area contributed by atoms with Crippen molar-refractivity contribution >= 4 is 22.8 Å². The number of rotatable bonds is 5. The Kier molecular flexibility index (Phi) is 6.83. The van der Waals surface area contributed by atoms with Gasteiger partial charge in [-0.25, -0.2) is 4.79 Å². The van der Waals surface area contributed by atoms with Gasteiger partial charge in [0.1, 0.15) is 6.10 Å². The standard InChI is InChI=1S/C31H41NO6S/c1-19(2)39-25(33)17-31(11-6-9-29(4,5)38-31)28(34)37-27-20(3)16-30-10-7-12-32(30)13-8-21-14-23-24(36-18-35-23)15-22(21)26(27)30/h14-16,19,26-27H,6-13,17-18H2,1-5H3/t26-,27?,30?,31-/m1/s1. The molecule has 1 aromatic carbocycles. The number of benzene rings is 1. The SMILES string of the molecule is CC1=CC23CCCN2CCc2cc4c(cc2[C@@H]3C1OC(=O)[C@]1(CC(=O)SC(C)C)CCCC(C)(C)O1)OCO4. The molecular formula is C31H41NO6S. The molecular weight excluding hydrogens is 514 g/mol. The van der Waals surface area contributed by atoms with E-state index < -0.39 is 23.3 Å². The van der Waals surface area contributed by atoms with Gasteiger partial charge in [0.2, 0.25) is 6.79 Å². The summed E-state index contributed by atoms with van der Waals surface area (Å²) >= 11 is 1.27. The van der Waals surface area contributed by atoms with Gasteiger partial charge in [0.05, 0.1) is 17.6 Å². The van der Waals surface area contributed by atoms with Gasteiger partial charge < -0.3 is 18.9 Å². The predicted octanol–water partition coefficient (Wildman–Crippen LogP) is 5.54. The quantitative estimate of drug-likeness (QED) is 0.347. The molecule has 1 aliphatic carbocycles. The van der Waals surface area contributed by atoms with Gasteiger partial charge in [-0.2, -0.15) is 0 Å². The topological polar surface area (TPSA) is 74.3 Å². The maximum atomic E-state index is 14.3. The second-order valence-corrected chi connectivity index (χ2v) is 14.5. The fourth-order valence-corrected chi connectivity index (χ4v) is 8.57. The van der Waals surface area contributed by atoms with Gasteiger partial charge in [-0.3, -0.25) is 9.69 Å². The smallest absolute Gasteiger partial charge is 0.339 e. The monoisotopic (exact) mass is 555 g/mol. The number of esters is 1. The Morgan fingerprint density at radius 2 is 1.87 bits per heavy atom. The van der Waals surface area contributed by atoms with Crippen LogP contribution in [0, 0.1) is 0 Å². The molecule has 212 valence electrons. The summed E-state index contributed by atoms with van der Waals surface area (Å²) in [7, 11) is 0. The number of hydrogen-bond acceptors (Lipinski definition) is 8. The fourth-order valence-electron chi connectivity index (χ4n) is 7.73. The highest BCUT2D eigenvalue weighted by molar-refractivity contribution is 8.14. The van der Waals surface area contributed by atoms with Crippen molar-refractivity contribution < 1.29 is 28.5 Å². The lowest BCUT2D eigenvalue weighted by Crippen LogP contribution is -2.54. The minimum atomic E-state index is -1.27. The number of hydrogen-bond donors (Lipinski definition) is 0. The molecule has 6 rings (SSSR count). The largest absolute Gasteiger partial charge is 0.455 e. The number of thioether (sulfide) groups is 1. The summed E-state index contributed by atoms with van der Waals surface area (Å²) in [5, 5.41) is 0.120. The maximum Gasteiger partial charge on any atom is 0.339 e. The zero-order valence-electron chi connectivity index (χ0n) is 23.8. The zero-order chi connectivity index (χ0) is 27.6. The molecule has 1 aromatic rings. The third-order valence-electron chi connectivity index (χ3n) is 9.22. The van der Waals surface area contributed by atoms with E-state index in [1.807, 2.05) is 27.7 Å². The lowest BCUT2D eigenvalue weighted by Gasteiger charge is -2.44. The zero-order valence-corrected chi connectivity index (χ0v) is 24.7. The van der Waals surface area contributed by atoms with Crippen LogP contribution in [0.5, 0.6) is 11.5 Å².